The Labute approximate surface area is 252 Å². The van der Waals surface area contributed by atoms with E-state index in [1.807, 2.05) is 13.8 Å². The van der Waals surface area contributed by atoms with Gasteiger partial charge in [0.15, 0.2) is 5.78 Å². The summed E-state index contributed by atoms with van der Waals surface area (Å²) in [6, 6.07) is 18.3. The molecular formula is C32H34Cl2N2O4S. The van der Waals surface area contributed by atoms with Crippen molar-refractivity contribution in [2.45, 2.75) is 63.6 Å². The summed E-state index contributed by atoms with van der Waals surface area (Å²) in [6.45, 7) is 7.14. The van der Waals surface area contributed by atoms with E-state index >= 15 is 0 Å². The molecule has 0 aromatic heterocycles. The number of hydrogen-bond donors (Lipinski definition) is 1. The summed E-state index contributed by atoms with van der Waals surface area (Å²) in [7, 11) is -4.17. The third-order valence-corrected chi connectivity index (χ3v) is 9.77. The van der Waals surface area contributed by atoms with Crippen molar-refractivity contribution in [1.29, 1.82) is 0 Å². The molecule has 1 aliphatic rings. The average molecular weight is 614 g/mol. The van der Waals surface area contributed by atoms with Gasteiger partial charge in [0.25, 0.3) is 0 Å². The molecule has 41 heavy (non-hydrogen) atoms. The van der Waals surface area contributed by atoms with Gasteiger partial charge in [-0.05, 0) is 79.6 Å². The molecule has 0 aliphatic carbocycles. The number of nitrogens with zero attached hydrogens (tertiary/aromatic N) is 1. The van der Waals surface area contributed by atoms with E-state index in [1.165, 1.54) is 11.2 Å². The van der Waals surface area contributed by atoms with Crippen molar-refractivity contribution in [3.63, 3.8) is 0 Å². The molecule has 0 saturated heterocycles. The summed E-state index contributed by atoms with van der Waals surface area (Å²) in [6.07, 6.45) is 2.48. The zero-order chi connectivity index (χ0) is 29.9. The second kappa shape index (κ2) is 12.9. The summed E-state index contributed by atoms with van der Waals surface area (Å²) in [5.41, 5.74) is 2.10. The lowest BCUT2D eigenvalue weighted by molar-refractivity contribution is -0.125. The van der Waals surface area contributed by atoms with Crippen LogP contribution in [0, 0.1) is 12.8 Å². The minimum Gasteiger partial charge on any atom is -0.342 e. The van der Waals surface area contributed by atoms with Crippen LogP contribution in [-0.2, 0) is 19.6 Å². The Balaban J connectivity index is 1.94. The topological polar surface area (TPSA) is 83.6 Å². The normalized spacial score (nSPS) is 18.6. The molecule has 0 radical (unpaired) electrons. The highest BCUT2D eigenvalue weighted by Crippen LogP contribution is 2.46. The van der Waals surface area contributed by atoms with Crippen molar-refractivity contribution >= 4 is 44.9 Å². The fourth-order valence-corrected chi connectivity index (χ4v) is 7.60. The number of rotatable bonds is 9. The van der Waals surface area contributed by atoms with Crippen LogP contribution in [-0.4, -0.2) is 30.5 Å². The van der Waals surface area contributed by atoms with Gasteiger partial charge in [-0.1, -0.05) is 85.6 Å². The maximum absolute atomic E-state index is 14.6. The third-order valence-electron chi connectivity index (χ3n) is 7.25. The first-order valence-electron chi connectivity index (χ1n) is 13.5. The molecule has 6 nitrogen and oxygen atoms in total. The highest BCUT2D eigenvalue weighted by atomic mass is 35.5. The molecule has 9 heteroatoms. The van der Waals surface area contributed by atoms with Gasteiger partial charge in [0, 0.05) is 15.6 Å². The van der Waals surface area contributed by atoms with E-state index in [4.69, 9.17) is 23.2 Å². The number of nitrogens with one attached hydrogen (secondary N) is 1. The lowest BCUT2D eigenvalue weighted by atomic mass is 9.88. The molecule has 1 unspecified atom stereocenters. The van der Waals surface area contributed by atoms with Crippen molar-refractivity contribution in [2.75, 3.05) is 0 Å². The quantitative estimate of drug-likeness (QED) is 0.276. The molecular weight excluding hydrogens is 579 g/mol. The van der Waals surface area contributed by atoms with Crippen LogP contribution in [0.15, 0.2) is 89.3 Å². The summed E-state index contributed by atoms with van der Waals surface area (Å²) in [4.78, 5) is 26.5. The van der Waals surface area contributed by atoms with Gasteiger partial charge in [0.1, 0.15) is 0 Å². The number of Topliss-reactive ketones (excluding diaryl/α,β-unsaturated/α-hetero) is 1. The maximum atomic E-state index is 14.6. The van der Waals surface area contributed by atoms with Gasteiger partial charge in [-0.15, -0.1) is 0 Å². The van der Waals surface area contributed by atoms with E-state index < -0.39 is 34.1 Å². The molecule has 3 aromatic rings. The molecule has 3 atom stereocenters. The van der Waals surface area contributed by atoms with Gasteiger partial charge >= 0.3 is 0 Å². The predicted molar refractivity (Wildman–Crippen MR) is 163 cm³/mol. The number of amides is 1. The van der Waals surface area contributed by atoms with Crippen molar-refractivity contribution in [3.8, 4) is 0 Å². The Hall–Kier alpha value is -2.97. The van der Waals surface area contributed by atoms with E-state index in [9.17, 15) is 18.0 Å². The summed E-state index contributed by atoms with van der Waals surface area (Å²) < 4.78 is 30.7. The number of carbonyl (C=O) groups is 2. The summed E-state index contributed by atoms with van der Waals surface area (Å²) in [5, 5.41) is 3.82. The van der Waals surface area contributed by atoms with Crippen LogP contribution in [0.5, 0.6) is 0 Å². The molecule has 4 rings (SSSR count). The average Bonchev–Trinajstić information content (AvgIpc) is 2.92. The second-order valence-electron chi connectivity index (χ2n) is 10.8. The van der Waals surface area contributed by atoms with E-state index in [0.717, 1.165) is 5.56 Å². The molecule has 0 bridgehead atoms. The number of sulfonamides is 1. The molecule has 0 saturated carbocycles. The number of ketones is 1. The smallest absolute Gasteiger partial charge is 0.249 e. The van der Waals surface area contributed by atoms with Crippen LogP contribution in [0.4, 0.5) is 0 Å². The molecule has 0 spiro atoms. The highest BCUT2D eigenvalue weighted by molar-refractivity contribution is 7.89. The van der Waals surface area contributed by atoms with Crippen LogP contribution < -0.4 is 5.32 Å². The SMILES string of the molecule is CC(=O)[C@H](CC(C)C)NC(=O)C1=CCC(c2ccc(Cl)cc2)N(S(=O)(=O)c2ccccc2C)[C@H]1c1cccc(Cl)c1. The molecule has 1 aliphatic heterocycles. The Bertz CT molecular complexity index is 1570. The van der Waals surface area contributed by atoms with Crippen LogP contribution in [0.25, 0.3) is 0 Å². The minimum absolute atomic E-state index is 0.147. The number of benzene rings is 3. The predicted octanol–water partition coefficient (Wildman–Crippen LogP) is 7.23. The Kier molecular flexibility index (Phi) is 9.75. The number of carbonyl (C=O) groups excluding carboxylic acids is 2. The summed E-state index contributed by atoms with van der Waals surface area (Å²) in [5.74, 6) is -0.484. The standard InChI is InChI=1S/C32H34Cl2N2O4S/c1-20(2)18-28(22(4)37)35-32(38)27-16-17-29(23-12-14-25(33)15-13-23)36(31(27)24-9-7-10-26(34)19-24)41(39,40)30-11-6-5-8-21(30)3/h5-16,19-20,28-29,31H,17-18H2,1-4H3,(H,35,38)/t28-,29?,31-/m0/s1. The van der Waals surface area contributed by atoms with Crippen LogP contribution in [0.1, 0.15) is 62.4 Å². The summed E-state index contributed by atoms with van der Waals surface area (Å²) >= 11 is 12.6. The van der Waals surface area contributed by atoms with Gasteiger partial charge in [-0.25, -0.2) is 8.42 Å². The Morgan fingerprint density at radius 3 is 2.24 bits per heavy atom. The van der Waals surface area contributed by atoms with Gasteiger partial charge < -0.3 is 5.32 Å². The molecule has 1 amide bonds. The number of aryl methyl sites for hydroxylation is 1. The van der Waals surface area contributed by atoms with Crippen molar-refractivity contribution < 1.29 is 18.0 Å². The molecule has 1 N–H and O–H groups in total. The van der Waals surface area contributed by atoms with Gasteiger partial charge in [-0.3, -0.25) is 9.59 Å². The lowest BCUT2D eigenvalue weighted by Gasteiger charge is -2.41. The first kappa shape index (κ1) is 31.0. The largest absolute Gasteiger partial charge is 0.342 e. The van der Waals surface area contributed by atoms with Crippen LogP contribution in [0.3, 0.4) is 0 Å². The first-order valence-corrected chi connectivity index (χ1v) is 15.7. The van der Waals surface area contributed by atoms with Crippen molar-refractivity contribution in [3.05, 3.63) is 111 Å². The van der Waals surface area contributed by atoms with Crippen molar-refractivity contribution in [1.82, 2.24) is 9.62 Å². The third kappa shape index (κ3) is 6.92. The second-order valence-corrected chi connectivity index (χ2v) is 13.5. The van der Waals surface area contributed by atoms with E-state index in [-0.39, 0.29) is 28.6 Å². The van der Waals surface area contributed by atoms with Gasteiger partial charge in [0.05, 0.1) is 23.0 Å². The Morgan fingerprint density at radius 1 is 0.951 bits per heavy atom. The number of halogens is 2. The monoisotopic (exact) mass is 612 g/mol. The zero-order valence-corrected chi connectivity index (χ0v) is 25.8. The first-order chi connectivity index (χ1) is 19.4. The maximum Gasteiger partial charge on any atom is 0.249 e. The highest BCUT2D eigenvalue weighted by Gasteiger charge is 2.45. The molecule has 0 fully saturated rings. The van der Waals surface area contributed by atoms with E-state index in [2.05, 4.69) is 5.32 Å². The number of hydrogen-bond acceptors (Lipinski definition) is 4. The molecule has 216 valence electrons. The van der Waals surface area contributed by atoms with Crippen LogP contribution >= 0.6 is 23.2 Å². The fraction of sp³-hybridized carbons (Fsp3) is 0.312. The van der Waals surface area contributed by atoms with E-state index in [0.29, 0.717) is 27.6 Å². The van der Waals surface area contributed by atoms with Crippen molar-refractivity contribution in [2.24, 2.45) is 5.92 Å². The van der Waals surface area contributed by atoms with Gasteiger partial charge in [0.2, 0.25) is 15.9 Å². The Morgan fingerprint density at radius 2 is 1.63 bits per heavy atom. The van der Waals surface area contributed by atoms with Gasteiger partial charge in [-0.2, -0.15) is 4.31 Å². The molecule has 1 heterocycles. The van der Waals surface area contributed by atoms with E-state index in [1.54, 1.807) is 85.8 Å². The lowest BCUT2D eigenvalue weighted by Crippen LogP contribution is -2.47. The van der Waals surface area contributed by atoms with Crippen LogP contribution in [0.2, 0.25) is 10.0 Å². The molecule has 3 aromatic carbocycles. The fourth-order valence-electron chi connectivity index (χ4n) is 5.26. The zero-order valence-electron chi connectivity index (χ0n) is 23.5. The minimum atomic E-state index is -4.17.